The van der Waals surface area contributed by atoms with Gasteiger partial charge in [0.1, 0.15) is 0 Å². The van der Waals surface area contributed by atoms with Gasteiger partial charge in [-0.25, -0.2) is 0 Å². The Morgan fingerprint density at radius 1 is 1.47 bits per heavy atom. The van der Waals surface area contributed by atoms with Crippen LogP contribution in [0, 0.1) is 5.92 Å². The third-order valence-corrected chi connectivity index (χ3v) is 3.71. The van der Waals surface area contributed by atoms with Gasteiger partial charge in [-0.1, -0.05) is 13.8 Å². The van der Waals surface area contributed by atoms with Crippen LogP contribution < -0.4 is 5.32 Å². The molecule has 1 aliphatic carbocycles. The molecule has 1 saturated carbocycles. The molecule has 0 aromatic rings. The average Bonchev–Trinajstić information content (AvgIpc) is 2.62. The number of hydrogen-bond donors (Lipinski definition) is 2. The molecule has 0 aromatic heterocycles. The summed E-state index contributed by atoms with van der Waals surface area (Å²) in [5.41, 5.74) is -0.606. The zero-order chi connectivity index (χ0) is 11.5. The molecular formula is C12H25NO2. The molecule has 3 nitrogen and oxygen atoms in total. The fraction of sp³-hybridized carbons (Fsp3) is 1.00. The van der Waals surface area contributed by atoms with Crippen LogP contribution in [0.3, 0.4) is 0 Å². The van der Waals surface area contributed by atoms with Crippen LogP contribution in [-0.2, 0) is 4.74 Å². The minimum Gasteiger partial charge on any atom is -0.389 e. The minimum absolute atomic E-state index is 0.282. The van der Waals surface area contributed by atoms with Crippen molar-refractivity contribution in [2.24, 2.45) is 5.92 Å². The standard InChI is InChI=1S/C12H25NO2/c1-9(2)12(3,14)8-13-10-5-6-11(7-10)15-4/h9-11,13-14H,5-8H2,1-4H3. The number of hydrogen-bond acceptors (Lipinski definition) is 3. The van der Waals surface area contributed by atoms with Crippen LogP contribution in [0.4, 0.5) is 0 Å². The van der Waals surface area contributed by atoms with E-state index < -0.39 is 5.60 Å². The average molecular weight is 215 g/mol. The number of aliphatic hydroxyl groups is 1. The molecule has 3 unspecified atom stereocenters. The van der Waals surface area contributed by atoms with E-state index in [1.54, 1.807) is 7.11 Å². The van der Waals surface area contributed by atoms with Crippen molar-refractivity contribution in [3.63, 3.8) is 0 Å². The van der Waals surface area contributed by atoms with Gasteiger partial charge in [-0.15, -0.1) is 0 Å². The van der Waals surface area contributed by atoms with Gasteiger partial charge in [-0.3, -0.25) is 0 Å². The summed E-state index contributed by atoms with van der Waals surface area (Å²) in [7, 11) is 1.78. The number of ether oxygens (including phenoxy) is 1. The molecular weight excluding hydrogens is 190 g/mol. The van der Waals surface area contributed by atoms with Crippen LogP contribution in [0.1, 0.15) is 40.0 Å². The maximum atomic E-state index is 10.1. The number of nitrogens with one attached hydrogen (secondary N) is 1. The molecule has 1 aliphatic rings. The van der Waals surface area contributed by atoms with Crippen molar-refractivity contribution in [3.05, 3.63) is 0 Å². The molecule has 2 N–H and O–H groups in total. The fourth-order valence-corrected chi connectivity index (χ4v) is 1.89. The van der Waals surface area contributed by atoms with E-state index >= 15 is 0 Å². The summed E-state index contributed by atoms with van der Waals surface area (Å²) in [6.07, 6.45) is 3.78. The van der Waals surface area contributed by atoms with Crippen LogP contribution >= 0.6 is 0 Å². The van der Waals surface area contributed by atoms with E-state index in [0.717, 1.165) is 19.3 Å². The predicted molar refractivity (Wildman–Crippen MR) is 61.9 cm³/mol. The monoisotopic (exact) mass is 215 g/mol. The molecule has 0 amide bonds. The van der Waals surface area contributed by atoms with Gasteiger partial charge in [0.25, 0.3) is 0 Å². The first kappa shape index (κ1) is 12.9. The topological polar surface area (TPSA) is 41.5 Å². The van der Waals surface area contributed by atoms with Crippen LogP contribution in [0.25, 0.3) is 0 Å². The van der Waals surface area contributed by atoms with Crippen molar-refractivity contribution < 1.29 is 9.84 Å². The molecule has 0 spiro atoms. The van der Waals surface area contributed by atoms with Crippen molar-refractivity contribution in [1.29, 1.82) is 0 Å². The second-order valence-corrected chi connectivity index (χ2v) is 5.26. The van der Waals surface area contributed by atoms with E-state index in [0.29, 0.717) is 18.7 Å². The third kappa shape index (κ3) is 3.74. The second-order valence-electron chi connectivity index (χ2n) is 5.26. The molecule has 90 valence electrons. The van der Waals surface area contributed by atoms with Gasteiger partial charge < -0.3 is 15.2 Å². The highest BCUT2D eigenvalue weighted by molar-refractivity contribution is 4.85. The highest BCUT2D eigenvalue weighted by atomic mass is 16.5. The first-order valence-corrected chi connectivity index (χ1v) is 5.94. The van der Waals surface area contributed by atoms with Gasteiger partial charge in [0.15, 0.2) is 0 Å². The minimum atomic E-state index is -0.606. The van der Waals surface area contributed by atoms with E-state index in [2.05, 4.69) is 5.32 Å². The quantitative estimate of drug-likeness (QED) is 0.731. The van der Waals surface area contributed by atoms with Crippen molar-refractivity contribution >= 4 is 0 Å². The summed E-state index contributed by atoms with van der Waals surface area (Å²) in [5.74, 6) is 0.282. The van der Waals surface area contributed by atoms with Crippen molar-refractivity contribution in [3.8, 4) is 0 Å². The Labute approximate surface area is 93.2 Å². The Morgan fingerprint density at radius 2 is 2.13 bits per heavy atom. The zero-order valence-corrected chi connectivity index (χ0v) is 10.4. The van der Waals surface area contributed by atoms with Gasteiger partial charge in [0.2, 0.25) is 0 Å². The van der Waals surface area contributed by atoms with Crippen molar-refractivity contribution in [2.45, 2.75) is 57.8 Å². The van der Waals surface area contributed by atoms with Gasteiger partial charge in [0.05, 0.1) is 11.7 Å². The SMILES string of the molecule is COC1CCC(NCC(C)(O)C(C)C)C1. The van der Waals surface area contributed by atoms with Gasteiger partial charge in [-0.05, 0) is 32.1 Å². The normalized spacial score (nSPS) is 30.8. The predicted octanol–water partition coefficient (Wildman–Crippen LogP) is 1.55. The molecule has 0 bridgehead atoms. The Morgan fingerprint density at radius 3 is 2.60 bits per heavy atom. The summed E-state index contributed by atoms with van der Waals surface area (Å²) in [6.45, 7) is 6.67. The Hall–Kier alpha value is -0.120. The van der Waals surface area contributed by atoms with E-state index in [1.165, 1.54) is 0 Å². The van der Waals surface area contributed by atoms with Gasteiger partial charge in [-0.2, -0.15) is 0 Å². The maximum absolute atomic E-state index is 10.1. The summed E-state index contributed by atoms with van der Waals surface area (Å²) >= 11 is 0. The van der Waals surface area contributed by atoms with Crippen LogP contribution in [0.15, 0.2) is 0 Å². The molecule has 0 heterocycles. The van der Waals surface area contributed by atoms with Crippen molar-refractivity contribution in [2.75, 3.05) is 13.7 Å². The zero-order valence-electron chi connectivity index (χ0n) is 10.4. The lowest BCUT2D eigenvalue weighted by atomic mass is 9.92. The molecule has 0 aromatic carbocycles. The molecule has 0 saturated heterocycles. The van der Waals surface area contributed by atoms with Crippen LogP contribution in [-0.4, -0.2) is 36.5 Å². The van der Waals surface area contributed by atoms with Gasteiger partial charge >= 0.3 is 0 Å². The molecule has 3 heteroatoms. The summed E-state index contributed by atoms with van der Waals surface area (Å²) in [6, 6.07) is 0.514. The van der Waals surface area contributed by atoms with Crippen LogP contribution in [0.5, 0.6) is 0 Å². The third-order valence-electron chi connectivity index (χ3n) is 3.71. The molecule has 15 heavy (non-hydrogen) atoms. The van der Waals surface area contributed by atoms with E-state index in [4.69, 9.17) is 4.74 Å². The lowest BCUT2D eigenvalue weighted by Crippen LogP contribution is -2.45. The largest absolute Gasteiger partial charge is 0.389 e. The van der Waals surface area contributed by atoms with E-state index in [-0.39, 0.29) is 5.92 Å². The first-order chi connectivity index (χ1) is 6.95. The highest BCUT2D eigenvalue weighted by Gasteiger charge is 2.29. The number of rotatable bonds is 5. The molecule has 1 rings (SSSR count). The van der Waals surface area contributed by atoms with E-state index in [1.807, 2.05) is 20.8 Å². The molecule has 3 atom stereocenters. The maximum Gasteiger partial charge on any atom is 0.0766 e. The van der Waals surface area contributed by atoms with E-state index in [9.17, 15) is 5.11 Å². The lowest BCUT2D eigenvalue weighted by molar-refractivity contribution is 0.0113. The summed E-state index contributed by atoms with van der Waals surface area (Å²) < 4.78 is 5.32. The summed E-state index contributed by atoms with van der Waals surface area (Å²) in [4.78, 5) is 0. The lowest BCUT2D eigenvalue weighted by Gasteiger charge is -2.29. The first-order valence-electron chi connectivity index (χ1n) is 5.94. The van der Waals surface area contributed by atoms with Gasteiger partial charge in [0, 0.05) is 19.7 Å². The highest BCUT2D eigenvalue weighted by Crippen LogP contribution is 2.22. The fourth-order valence-electron chi connectivity index (χ4n) is 1.89. The Kier molecular flexibility index (Phi) is 4.56. The van der Waals surface area contributed by atoms with Crippen LogP contribution in [0.2, 0.25) is 0 Å². The molecule has 1 fully saturated rings. The Bertz CT molecular complexity index is 192. The molecule has 0 radical (unpaired) electrons. The molecule has 0 aliphatic heterocycles. The van der Waals surface area contributed by atoms with Crippen molar-refractivity contribution in [1.82, 2.24) is 5.32 Å². The Balaban J connectivity index is 2.26. The second kappa shape index (κ2) is 5.28. The summed E-state index contributed by atoms with van der Waals surface area (Å²) in [5, 5.41) is 13.5. The number of methoxy groups -OCH3 is 1. The smallest absolute Gasteiger partial charge is 0.0766 e.